The van der Waals surface area contributed by atoms with Gasteiger partial charge in [-0.05, 0) is 59.3 Å². The fourth-order valence-corrected chi connectivity index (χ4v) is 6.52. The molecule has 0 aliphatic carbocycles. The van der Waals surface area contributed by atoms with Crippen LogP contribution in [-0.4, -0.2) is 118 Å². The van der Waals surface area contributed by atoms with Crippen molar-refractivity contribution >= 4 is 35.5 Å². The Bertz CT molecular complexity index is 891. The van der Waals surface area contributed by atoms with E-state index in [1.807, 2.05) is 32.5 Å². The van der Waals surface area contributed by atoms with Crippen LogP contribution in [0.3, 0.4) is 0 Å². The summed E-state index contributed by atoms with van der Waals surface area (Å²) in [4.78, 5) is 47.3. The largest absolute Gasteiger partial charge is 0.379 e. The van der Waals surface area contributed by atoms with Crippen LogP contribution in [0.15, 0.2) is 0 Å². The average Bonchev–Trinajstić information content (AvgIpc) is 3.55. The SMILES string of the molecule is CC(C)(C)OCCCNC(=O)CCCC(=O)NCCCOCCOCCOCCCNC(=O)CCCC[C@@H]1SC[C@@H]2NC(=O)NC21. The molecule has 0 radical (unpaired) electrons. The van der Waals surface area contributed by atoms with E-state index in [1.54, 1.807) is 0 Å². The molecule has 0 aromatic rings. The number of thioether (sulfide) groups is 1. The monoisotopic (exact) mass is 673 g/mol. The molecule has 2 heterocycles. The minimum absolute atomic E-state index is 0.0392. The van der Waals surface area contributed by atoms with E-state index in [0.29, 0.717) is 103 Å². The van der Waals surface area contributed by atoms with Gasteiger partial charge in [0.15, 0.2) is 0 Å². The lowest BCUT2D eigenvalue weighted by Gasteiger charge is -2.19. The molecule has 2 aliphatic heterocycles. The first-order valence-electron chi connectivity index (χ1n) is 17.0. The smallest absolute Gasteiger partial charge is 0.315 e. The van der Waals surface area contributed by atoms with E-state index in [0.717, 1.165) is 37.9 Å². The minimum atomic E-state index is -0.169. The number of carbonyl (C=O) groups is 4. The lowest BCUT2D eigenvalue weighted by molar-refractivity contribution is -0.123. The number of hydrogen-bond acceptors (Lipinski definition) is 9. The summed E-state index contributed by atoms with van der Waals surface area (Å²) in [6.07, 6.45) is 6.80. The molecule has 14 heteroatoms. The van der Waals surface area contributed by atoms with Crippen molar-refractivity contribution in [2.75, 3.05) is 71.6 Å². The van der Waals surface area contributed by atoms with Gasteiger partial charge in [-0.3, -0.25) is 14.4 Å². The topological polar surface area (TPSA) is 165 Å². The van der Waals surface area contributed by atoms with Crippen molar-refractivity contribution in [2.24, 2.45) is 0 Å². The molecule has 2 fully saturated rings. The first-order valence-corrected chi connectivity index (χ1v) is 18.0. The predicted octanol–water partition coefficient (Wildman–Crippen LogP) is 2.27. The zero-order chi connectivity index (χ0) is 33.5. The predicted molar refractivity (Wildman–Crippen MR) is 179 cm³/mol. The number of fused-ring (bicyclic) bond motifs is 1. The highest BCUT2D eigenvalue weighted by molar-refractivity contribution is 8.00. The molecule has 2 saturated heterocycles. The van der Waals surface area contributed by atoms with E-state index in [9.17, 15) is 19.2 Å². The molecule has 5 N–H and O–H groups in total. The van der Waals surface area contributed by atoms with E-state index in [2.05, 4.69) is 26.6 Å². The van der Waals surface area contributed by atoms with Gasteiger partial charge >= 0.3 is 6.03 Å². The van der Waals surface area contributed by atoms with Crippen LogP contribution < -0.4 is 26.6 Å². The molecule has 5 amide bonds. The minimum Gasteiger partial charge on any atom is -0.379 e. The fraction of sp³-hybridized carbons (Fsp3) is 0.875. The van der Waals surface area contributed by atoms with Gasteiger partial charge in [0.25, 0.3) is 0 Å². The highest BCUT2D eigenvalue weighted by atomic mass is 32.2. The van der Waals surface area contributed by atoms with Crippen molar-refractivity contribution in [2.45, 2.75) is 108 Å². The number of amides is 5. The van der Waals surface area contributed by atoms with Crippen LogP contribution in [0.5, 0.6) is 0 Å². The van der Waals surface area contributed by atoms with E-state index in [1.165, 1.54) is 0 Å². The van der Waals surface area contributed by atoms with Crippen LogP contribution in [0.25, 0.3) is 0 Å². The maximum atomic E-state index is 12.0. The van der Waals surface area contributed by atoms with Gasteiger partial charge in [-0.15, -0.1) is 0 Å². The fourth-order valence-electron chi connectivity index (χ4n) is 4.97. The van der Waals surface area contributed by atoms with Crippen molar-refractivity contribution in [1.82, 2.24) is 26.6 Å². The second kappa shape index (κ2) is 24.1. The van der Waals surface area contributed by atoms with Crippen LogP contribution in [0, 0.1) is 0 Å². The molecule has 2 rings (SSSR count). The van der Waals surface area contributed by atoms with Gasteiger partial charge in [0, 0.05) is 69.7 Å². The Morgan fingerprint density at radius 3 is 1.74 bits per heavy atom. The van der Waals surface area contributed by atoms with Crippen molar-refractivity contribution in [3.05, 3.63) is 0 Å². The van der Waals surface area contributed by atoms with Crippen molar-refractivity contribution in [1.29, 1.82) is 0 Å². The summed E-state index contributed by atoms with van der Waals surface area (Å²) in [6, 6.07) is 0.414. The van der Waals surface area contributed by atoms with E-state index >= 15 is 0 Å². The molecule has 3 atom stereocenters. The van der Waals surface area contributed by atoms with Gasteiger partial charge < -0.3 is 45.5 Å². The van der Waals surface area contributed by atoms with Crippen LogP contribution in [0.2, 0.25) is 0 Å². The van der Waals surface area contributed by atoms with Crippen LogP contribution >= 0.6 is 11.8 Å². The van der Waals surface area contributed by atoms with E-state index in [4.69, 9.17) is 18.9 Å². The Hall–Kier alpha value is -2.13. The van der Waals surface area contributed by atoms with Crippen LogP contribution in [-0.2, 0) is 33.3 Å². The highest BCUT2D eigenvalue weighted by Crippen LogP contribution is 2.33. The number of ether oxygens (including phenoxy) is 4. The molecule has 266 valence electrons. The Morgan fingerprint density at radius 1 is 0.696 bits per heavy atom. The second-order valence-corrected chi connectivity index (χ2v) is 13.9. The van der Waals surface area contributed by atoms with Gasteiger partial charge in [-0.1, -0.05) is 6.42 Å². The van der Waals surface area contributed by atoms with Crippen molar-refractivity contribution < 1.29 is 38.1 Å². The number of urea groups is 1. The summed E-state index contributed by atoms with van der Waals surface area (Å²) in [5.74, 6) is 0.940. The molecule has 2 aliphatic rings. The summed E-state index contributed by atoms with van der Waals surface area (Å²) < 4.78 is 22.2. The van der Waals surface area contributed by atoms with Gasteiger partial charge in [0.1, 0.15) is 0 Å². The zero-order valence-electron chi connectivity index (χ0n) is 28.3. The number of rotatable bonds is 27. The molecule has 0 aromatic carbocycles. The standard InChI is InChI=1S/C32H59N5O8S/c1-32(2,3)45-19-9-16-35-29(40)13-6-12-28(39)34-15-8-18-43-21-23-44-22-20-42-17-7-14-33-27(38)11-5-4-10-26-30-25(24-46-26)36-31(41)37-30/h25-26,30H,4-24H2,1-3H3,(H,33,38)(H,34,39)(H,35,40)(H2,36,37,41)/t25-,26-,30?/m0/s1. The van der Waals surface area contributed by atoms with Crippen LogP contribution in [0.4, 0.5) is 4.79 Å². The molecular weight excluding hydrogens is 614 g/mol. The third-order valence-corrected chi connectivity index (χ3v) is 8.89. The number of unbranched alkanes of at least 4 members (excludes halogenated alkanes) is 1. The summed E-state index contributed by atoms with van der Waals surface area (Å²) >= 11 is 1.90. The van der Waals surface area contributed by atoms with Gasteiger partial charge in [0.05, 0.1) is 44.1 Å². The number of nitrogens with one attached hydrogen (secondary N) is 5. The van der Waals surface area contributed by atoms with E-state index in [-0.39, 0.29) is 41.4 Å². The van der Waals surface area contributed by atoms with Gasteiger partial charge in [0.2, 0.25) is 17.7 Å². The molecule has 46 heavy (non-hydrogen) atoms. The number of carbonyl (C=O) groups excluding carboxylic acids is 4. The first kappa shape index (κ1) is 40.0. The Balaban J connectivity index is 1.24. The Kier molecular flexibility index (Phi) is 21.0. The van der Waals surface area contributed by atoms with Gasteiger partial charge in [-0.2, -0.15) is 11.8 Å². The molecule has 1 unspecified atom stereocenters. The Labute approximate surface area is 279 Å². The highest BCUT2D eigenvalue weighted by Gasteiger charge is 2.42. The zero-order valence-corrected chi connectivity index (χ0v) is 29.1. The third-order valence-electron chi connectivity index (χ3n) is 7.39. The molecule has 0 aromatic heterocycles. The summed E-state index contributed by atoms with van der Waals surface area (Å²) in [7, 11) is 0. The Morgan fingerprint density at radius 2 is 1.20 bits per heavy atom. The summed E-state index contributed by atoms with van der Waals surface area (Å²) in [6.45, 7) is 11.3. The summed E-state index contributed by atoms with van der Waals surface area (Å²) in [5, 5.41) is 15.1. The molecule has 0 saturated carbocycles. The van der Waals surface area contributed by atoms with Crippen LogP contribution in [0.1, 0.15) is 85.0 Å². The molecule has 13 nitrogen and oxygen atoms in total. The normalized spacial score (nSPS) is 18.9. The number of hydrogen-bond donors (Lipinski definition) is 5. The van der Waals surface area contributed by atoms with Crippen molar-refractivity contribution in [3.63, 3.8) is 0 Å². The molecule has 0 spiro atoms. The lowest BCUT2D eigenvalue weighted by Crippen LogP contribution is -2.36. The molecular formula is C32H59N5O8S. The average molecular weight is 674 g/mol. The first-order chi connectivity index (χ1) is 22.1. The lowest BCUT2D eigenvalue weighted by atomic mass is 10.0. The molecule has 0 bridgehead atoms. The van der Waals surface area contributed by atoms with Crippen molar-refractivity contribution in [3.8, 4) is 0 Å². The van der Waals surface area contributed by atoms with Gasteiger partial charge in [-0.25, -0.2) is 4.79 Å². The third kappa shape index (κ3) is 20.2. The summed E-state index contributed by atoms with van der Waals surface area (Å²) in [5.41, 5.74) is -0.169. The quantitative estimate of drug-likeness (QED) is 0.0650. The maximum Gasteiger partial charge on any atom is 0.315 e. The van der Waals surface area contributed by atoms with E-state index < -0.39 is 0 Å². The maximum absolute atomic E-state index is 12.0. The second-order valence-electron chi connectivity index (χ2n) is 12.6.